The van der Waals surface area contributed by atoms with Gasteiger partial charge < -0.3 is 25.0 Å². The van der Waals surface area contributed by atoms with Crippen LogP contribution in [0, 0.1) is 6.92 Å². The van der Waals surface area contributed by atoms with Gasteiger partial charge in [-0.3, -0.25) is 9.59 Å². The number of aryl methyl sites for hydroxylation is 1. The van der Waals surface area contributed by atoms with Crippen LogP contribution in [-0.4, -0.2) is 28.8 Å². The molecule has 0 aliphatic heterocycles. The highest BCUT2D eigenvalue weighted by atomic mass is 16.5. The Balaban J connectivity index is 1.76. The third kappa shape index (κ3) is 5.75. The number of para-hydroxylation sites is 1. The molecule has 2 amide bonds. The fraction of sp³-hybridized carbons (Fsp3) is 0.208. The van der Waals surface area contributed by atoms with Crippen LogP contribution in [0.25, 0.3) is 0 Å². The van der Waals surface area contributed by atoms with Crippen molar-refractivity contribution in [1.82, 2.24) is 9.88 Å². The minimum Gasteiger partial charge on any atom is -0.496 e. The van der Waals surface area contributed by atoms with Crippen LogP contribution in [0.1, 0.15) is 29.2 Å². The van der Waals surface area contributed by atoms with Gasteiger partial charge in [0.05, 0.1) is 26.1 Å². The smallest absolute Gasteiger partial charge is 0.319 e. The number of aromatic nitrogens is 1. The van der Waals surface area contributed by atoms with Gasteiger partial charge in [0.1, 0.15) is 11.4 Å². The topological polar surface area (TPSA) is 110 Å². The number of ether oxygens (including phenoxy) is 1. The Morgan fingerprint density at radius 1 is 1.06 bits per heavy atom. The second kappa shape index (κ2) is 10.3. The summed E-state index contributed by atoms with van der Waals surface area (Å²) in [6, 6.07) is 16.3. The SMILES string of the molecule is COc1ccccc1Cn1cccc(NC(=O)N[C@@H](CC(=O)O)c2ccc(C)cc2)c1=O. The minimum atomic E-state index is -1.05. The third-order valence-corrected chi connectivity index (χ3v) is 4.97. The highest BCUT2D eigenvalue weighted by Crippen LogP contribution is 2.19. The monoisotopic (exact) mass is 435 g/mol. The van der Waals surface area contributed by atoms with Crippen molar-refractivity contribution < 1.29 is 19.4 Å². The number of carboxylic acid groups (broad SMARTS) is 1. The molecule has 32 heavy (non-hydrogen) atoms. The molecule has 0 unspecified atom stereocenters. The molecule has 166 valence electrons. The summed E-state index contributed by atoms with van der Waals surface area (Å²) in [6.45, 7) is 2.19. The maximum absolute atomic E-state index is 12.9. The molecule has 3 N–H and O–H groups in total. The minimum absolute atomic E-state index is 0.0814. The fourth-order valence-corrected chi connectivity index (χ4v) is 3.32. The lowest BCUT2D eigenvalue weighted by molar-refractivity contribution is -0.137. The van der Waals surface area contributed by atoms with Gasteiger partial charge in [0, 0.05) is 11.8 Å². The van der Waals surface area contributed by atoms with E-state index in [1.54, 1.807) is 31.5 Å². The van der Waals surface area contributed by atoms with E-state index in [1.165, 1.54) is 10.6 Å². The Kier molecular flexibility index (Phi) is 7.28. The number of methoxy groups -OCH3 is 1. The van der Waals surface area contributed by atoms with Crippen LogP contribution in [0.5, 0.6) is 5.75 Å². The summed E-state index contributed by atoms with van der Waals surface area (Å²) in [5, 5.41) is 14.4. The Bertz CT molecular complexity index is 1150. The van der Waals surface area contributed by atoms with Crippen LogP contribution in [0.3, 0.4) is 0 Å². The van der Waals surface area contributed by atoms with E-state index in [4.69, 9.17) is 4.74 Å². The summed E-state index contributed by atoms with van der Waals surface area (Å²) >= 11 is 0. The molecule has 0 fully saturated rings. The summed E-state index contributed by atoms with van der Waals surface area (Å²) in [4.78, 5) is 36.7. The van der Waals surface area contributed by atoms with Crippen molar-refractivity contribution in [1.29, 1.82) is 0 Å². The number of amides is 2. The number of carbonyl (C=O) groups is 2. The number of nitrogens with one attached hydrogen (secondary N) is 2. The number of pyridine rings is 1. The first-order valence-corrected chi connectivity index (χ1v) is 10.0. The lowest BCUT2D eigenvalue weighted by Crippen LogP contribution is -2.36. The van der Waals surface area contributed by atoms with Gasteiger partial charge in [-0.25, -0.2) is 4.79 Å². The standard InChI is InChI=1S/C24H25N3O5/c1-16-9-11-17(12-10-16)20(14-22(28)29)26-24(31)25-19-7-5-13-27(23(19)30)15-18-6-3-4-8-21(18)32-2/h3-13,20H,14-15H2,1-2H3,(H,28,29)(H2,25,26,31)/t20-/m0/s1. The molecule has 0 aliphatic rings. The zero-order valence-electron chi connectivity index (χ0n) is 17.9. The van der Waals surface area contributed by atoms with E-state index in [-0.39, 0.29) is 18.7 Å². The molecule has 0 aliphatic carbocycles. The first-order chi connectivity index (χ1) is 15.4. The molecule has 3 aromatic rings. The molecular weight excluding hydrogens is 410 g/mol. The van der Waals surface area contributed by atoms with E-state index < -0.39 is 23.6 Å². The number of hydrogen-bond donors (Lipinski definition) is 3. The molecule has 1 atom stereocenters. The molecule has 2 aromatic carbocycles. The molecule has 3 rings (SSSR count). The van der Waals surface area contributed by atoms with Gasteiger partial charge in [0.2, 0.25) is 0 Å². The maximum atomic E-state index is 12.9. The molecule has 1 heterocycles. The molecule has 0 bridgehead atoms. The Labute approximate surface area is 185 Å². The van der Waals surface area contributed by atoms with E-state index >= 15 is 0 Å². The summed E-state index contributed by atoms with van der Waals surface area (Å²) in [7, 11) is 1.56. The van der Waals surface area contributed by atoms with Crippen molar-refractivity contribution in [2.45, 2.75) is 25.9 Å². The number of rotatable bonds is 8. The highest BCUT2D eigenvalue weighted by Gasteiger charge is 2.19. The lowest BCUT2D eigenvalue weighted by Gasteiger charge is -2.18. The van der Waals surface area contributed by atoms with E-state index in [0.29, 0.717) is 11.3 Å². The highest BCUT2D eigenvalue weighted by molar-refractivity contribution is 5.89. The van der Waals surface area contributed by atoms with Gasteiger partial charge in [0.15, 0.2) is 0 Å². The zero-order valence-corrected chi connectivity index (χ0v) is 17.9. The van der Waals surface area contributed by atoms with Crippen molar-refractivity contribution in [3.8, 4) is 5.75 Å². The van der Waals surface area contributed by atoms with Crippen LogP contribution < -0.4 is 20.9 Å². The zero-order chi connectivity index (χ0) is 23.1. The molecular formula is C24H25N3O5. The number of carboxylic acids is 1. The number of urea groups is 1. The first-order valence-electron chi connectivity index (χ1n) is 10.0. The normalized spacial score (nSPS) is 11.4. The van der Waals surface area contributed by atoms with E-state index in [1.807, 2.05) is 43.3 Å². The average molecular weight is 435 g/mol. The van der Waals surface area contributed by atoms with Gasteiger partial charge in [0.25, 0.3) is 5.56 Å². The van der Waals surface area contributed by atoms with E-state index in [2.05, 4.69) is 10.6 Å². The summed E-state index contributed by atoms with van der Waals surface area (Å²) < 4.78 is 6.79. The van der Waals surface area contributed by atoms with Crippen LogP contribution in [0.4, 0.5) is 10.5 Å². The van der Waals surface area contributed by atoms with Gasteiger partial charge in [-0.2, -0.15) is 0 Å². The summed E-state index contributed by atoms with van der Waals surface area (Å²) in [5.74, 6) is -0.389. The van der Waals surface area contributed by atoms with E-state index in [9.17, 15) is 19.5 Å². The Morgan fingerprint density at radius 3 is 2.47 bits per heavy atom. The number of benzene rings is 2. The molecule has 0 saturated heterocycles. The van der Waals surface area contributed by atoms with Crippen LogP contribution >= 0.6 is 0 Å². The lowest BCUT2D eigenvalue weighted by atomic mass is 10.0. The van der Waals surface area contributed by atoms with Gasteiger partial charge in [-0.15, -0.1) is 0 Å². The van der Waals surface area contributed by atoms with Crippen molar-refractivity contribution >= 4 is 17.7 Å². The van der Waals surface area contributed by atoms with Crippen LogP contribution in [0.15, 0.2) is 71.7 Å². The molecule has 0 saturated carbocycles. The number of nitrogens with zero attached hydrogens (tertiary/aromatic N) is 1. The van der Waals surface area contributed by atoms with Gasteiger partial charge in [-0.05, 0) is 30.7 Å². The largest absolute Gasteiger partial charge is 0.496 e. The first kappa shape index (κ1) is 22.6. The number of aliphatic carboxylic acids is 1. The molecule has 1 aromatic heterocycles. The summed E-state index contributed by atoms with van der Waals surface area (Å²) in [5.41, 5.74) is 2.19. The maximum Gasteiger partial charge on any atom is 0.319 e. The van der Waals surface area contributed by atoms with Crippen molar-refractivity contribution in [3.63, 3.8) is 0 Å². The summed E-state index contributed by atoms with van der Waals surface area (Å²) in [6.07, 6.45) is 1.33. The Morgan fingerprint density at radius 2 is 1.78 bits per heavy atom. The van der Waals surface area contributed by atoms with Crippen LogP contribution in [0.2, 0.25) is 0 Å². The molecule has 8 heteroatoms. The fourth-order valence-electron chi connectivity index (χ4n) is 3.32. The third-order valence-electron chi connectivity index (χ3n) is 4.97. The molecule has 0 spiro atoms. The van der Waals surface area contributed by atoms with Crippen molar-refractivity contribution in [2.75, 3.05) is 12.4 Å². The average Bonchev–Trinajstić information content (AvgIpc) is 2.76. The van der Waals surface area contributed by atoms with Crippen molar-refractivity contribution in [2.24, 2.45) is 0 Å². The van der Waals surface area contributed by atoms with Gasteiger partial charge in [-0.1, -0.05) is 48.0 Å². The molecule has 0 radical (unpaired) electrons. The predicted molar refractivity (Wildman–Crippen MR) is 121 cm³/mol. The number of hydrogen-bond acceptors (Lipinski definition) is 4. The van der Waals surface area contributed by atoms with Crippen molar-refractivity contribution in [3.05, 3.63) is 93.9 Å². The quantitative estimate of drug-likeness (QED) is 0.501. The molecule has 8 nitrogen and oxygen atoms in total. The second-order valence-electron chi connectivity index (χ2n) is 7.33. The number of carbonyl (C=O) groups excluding carboxylic acids is 1. The number of anilines is 1. The Hall–Kier alpha value is -4.07. The predicted octanol–water partition coefficient (Wildman–Crippen LogP) is 3.55. The van der Waals surface area contributed by atoms with E-state index in [0.717, 1.165) is 11.1 Å². The second-order valence-corrected chi connectivity index (χ2v) is 7.33. The van der Waals surface area contributed by atoms with Gasteiger partial charge >= 0.3 is 12.0 Å². The van der Waals surface area contributed by atoms with Crippen LogP contribution in [-0.2, 0) is 11.3 Å².